The molecule has 0 spiro atoms. The molecule has 1 N–H and O–H groups in total. The summed E-state index contributed by atoms with van der Waals surface area (Å²) in [5.74, 6) is -0.144. The van der Waals surface area contributed by atoms with Crippen molar-refractivity contribution in [2.24, 2.45) is 5.41 Å². The fourth-order valence-electron chi connectivity index (χ4n) is 1.25. The maximum atomic E-state index is 11.9. The first-order valence-electron chi connectivity index (χ1n) is 5.66. The van der Waals surface area contributed by atoms with Crippen LogP contribution < -0.4 is 10.1 Å². The SMILES string of the molecule is COc1ncccc1C(=O)NCC(=O)C(C)(C)C. The van der Waals surface area contributed by atoms with Crippen molar-refractivity contribution in [3.05, 3.63) is 23.9 Å². The fourth-order valence-corrected chi connectivity index (χ4v) is 1.25. The molecule has 1 heterocycles. The fraction of sp³-hybridized carbons (Fsp3) is 0.462. The Bertz CT molecular complexity index is 450. The molecule has 1 amide bonds. The van der Waals surface area contributed by atoms with E-state index in [4.69, 9.17) is 4.74 Å². The van der Waals surface area contributed by atoms with Gasteiger partial charge in [-0.05, 0) is 12.1 Å². The zero-order valence-corrected chi connectivity index (χ0v) is 11.1. The molecule has 0 unspecified atom stereocenters. The highest BCUT2D eigenvalue weighted by atomic mass is 16.5. The second kappa shape index (κ2) is 5.62. The van der Waals surface area contributed by atoms with Gasteiger partial charge in [0, 0.05) is 11.6 Å². The third-order valence-electron chi connectivity index (χ3n) is 2.46. The lowest BCUT2D eigenvalue weighted by Crippen LogP contribution is -2.35. The van der Waals surface area contributed by atoms with Gasteiger partial charge in [0.1, 0.15) is 5.56 Å². The normalized spacial score (nSPS) is 10.9. The lowest BCUT2D eigenvalue weighted by molar-refractivity contribution is -0.125. The number of Topliss-reactive ketones (excluding diaryl/α,β-unsaturated/α-hetero) is 1. The van der Waals surface area contributed by atoms with Crippen LogP contribution in [0.25, 0.3) is 0 Å². The zero-order chi connectivity index (χ0) is 13.8. The van der Waals surface area contributed by atoms with E-state index in [-0.39, 0.29) is 24.1 Å². The molecule has 1 aromatic heterocycles. The van der Waals surface area contributed by atoms with Crippen molar-refractivity contribution in [1.82, 2.24) is 10.3 Å². The van der Waals surface area contributed by atoms with E-state index < -0.39 is 5.41 Å². The summed E-state index contributed by atoms with van der Waals surface area (Å²) >= 11 is 0. The Labute approximate surface area is 107 Å². The van der Waals surface area contributed by atoms with Crippen LogP contribution in [-0.2, 0) is 4.79 Å². The van der Waals surface area contributed by atoms with Gasteiger partial charge in [0.2, 0.25) is 5.88 Å². The van der Waals surface area contributed by atoms with Crippen molar-refractivity contribution in [1.29, 1.82) is 0 Å². The number of nitrogens with one attached hydrogen (secondary N) is 1. The van der Waals surface area contributed by atoms with Crippen LogP contribution in [0.2, 0.25) is 0 Å². The highest BCUT2D eigenvalue weighted by Crippen LogP contribution is 2.15. The Hall–Kier alpha value is -1.91. The molecule has 0 saturated heterocycles. The quantitative estimate of drug-likeness (QED) is 0.877. The molecule has 0 aliphatic rings. The maximum absolute atomic E-state index is 11.9. The van der Waals surface area contributed by atoms with E-state index in [1.165, 1.54) is 13.3 Å². The van der Waals surface area contributed by atoms with Gasteiger partial charge in [-0.15, -0.1) is 0 Å². The summed E-state index contributed by atoms with van der Waals surface area (Å²) in [5.41, 5.74) is -0.145. The monoisotopic (exact) mass is 250 g/mol. The Morgan fingerprint density at radius 3 is 2.61 bits per heavy atom. The number of rotatable bonds is 4. The summed E-state index contributed by atoms with van der Waals surface area (Å²) in [6, 6.07) is 3.24. The molecule has 0 atom stereocenters. The van der Waals surface area contributed by atoms with Crippen LogP contribution in [-0.4, -0.2) is 30.3 Å². The number of nitrogens with zero attached hydrogens (tertiary/aromatic N) is 1. The van der Waals surface area contributed by atoms with Crippen molar-refractivity contribution >= 4 is 11.7 Å². The Kier molecular flexibility index (Phi) is 4.42. The number of amides is 1. The van der Waals surface area contributed by atoms with Gasteiger partial charge in [-0.3, -0.25) is 9.59 Å². The third-order valence-corrected chi connectivity index (χ3v) is 2.46. The predicted molar refractivity (Wildman–Crippen MR) is 67.6 cm³/mol. The lowest BCUT2D eigenvalue weighted by atomic mass is 9.91. The molecular formula is C13H18N2O3. The van der Waals surface area contributed by atoms with E-state index in [0.29, 0.717) is 5.56 Å². The smallest absolute Gasteiger partial charge is 0.257 e. The average Bonchev–Trinajstić information content (AvgIpc) is 2.34. The first kappa shape index (κ1) is 14.2. The second-order valence-corrected chi connectivity index (χ2v) is 4.92. The van der Waals surface area contributed by atoms with Crippen molar-refractivity contribution in [2.45, 2.75) is 20.8 Å². The Balaban J connectivity index is 2.69. The van der Waals surface area contributed by atoms with Crippen LogP contribution in [0.1, 0.15) is 31.1 Å². The summed E-state index contributed by atoms with van der Waals surface area (Å²) < 4.78 is 4.98. The highest BCUT2D eigenvalue weighted by Gasteiger charge is 2.22. The molecule has 1 aromatic rings. The molecule has 98 valence electrons. The largest absolute Gasteiger partial charge is 0.480 e. The van der Waals surface area contributed by atoms with Gasteiger partial charge in [0.05, 0.1) is 13.7 Å². The molecule has 0 aromatic carbocycles. The van der Waals surface area contributed by atoms with E-state index in [9.17, 15) is 9.59 Å². The number of ether oxygens (including phenoxy) is 1. The number of methoxy groups -OCH3 is 1. The van der Waals surface area contributed by atoms with Gasteiger partial charge in [0.15, 0.2) is 5.78 Å². The number of ketones is 1. The summed E-state index contributed by atoms with van der Waals surface area (Å²) in [7, 11) is 1.44. The van der Waals surface area contributed by atoms with Crippen molar-refractivity contribution in [3.63, 3.8) is 0 Å². The molecule has 18 heavy (non-hydrogen) atoms. The van der Waals surface area contributed by atoms with Crippen LogP contribution in [0.5, 0.6) is 5.88 Å². The minimum Gasteiger partial charge on any atom is -0.480 e. The van der Waals surface area contributed by atoms with E-state index in [1.54, 1.807) is 12.1 Å². The van der Waals surface area contributed by atoms with Crippen LogP contribution in [0.4, 0.5) is 0 Å². The topological polar surface area (TPSA) is 68.3 Å². The van der Waals surface area contributed by atoms with Gasteiger partial charge < -0.3 is 10.1 Å². The van der Waals surface area contributed by atoms with E-state index in [2.05, 4.69) is 10.3 Å². The van der Waals surface area contributed by atoms with Crippen LogP contribution in [0.15, 0.2) is 18.3 Å². The van der Waals surface area contributed by atoms with E-state index in [0.717, 1.165) is 0 Å². The number of hydrogen-bond donors (Lipinski definition) is 1. The lowest BCUT2D eigenvalue weighted by Gasteiger charge is -2.16. The van der Waals surface area contributed by atoms with E-state index in [1.807, 2.05) is 20.8 Å². The number of carbonyl (C=O) groups excluding carboxylic acids is 2. The first-order valence-corrected chi connectivity index (χ1v) is 5.66. The van der Waals surface area contributed by atoms with Crippen molar-refractivity contribution in [2.75, 3.05) is 13.7 Å². The third kappa shape index (κ3) is 3.55. The molecule has 0 aliphatic carbocycles. The molecule has 0 fully saturated rings. The molecule has 5 heteroatoms. The first-order chi connectivity index (χ1) is 8.36. The summed E-state index contributed by atoms with van der Waals surface area (Å²) in [6.45, 7) is 5.44. The Morgan fingerprint density at radius 2 is 2.06 bits per heavy atom. The number of aromatic nitrogens is 1. The van der Waals surface area contributed by atoms with Gasteiger partial charge in [-0.2, -0.15) is 0 Å². The predicted octanol–water partition coefficient (Wildman–Crippen LogP) is 1.44. The molecule has 5 nitrogen and oxygen atoms in total. The molecule has 1 rings (SSSR count). The van der Waals surface area contributed by atoms with Crippen LogP contribution >= 0.6 is 0 Å². The molecule has 0 aliphatic heterocycles. The van der Waals surface area contributed by atoms with Crippen molar-refractivity contribution < 1.29 is 14.3 Å². The average molecular weight is 250 g/mol. The zero-order valence-electron chi connectivity index (χ0n) is 11.1. The summed E-state index contributed by atoms with van der Waals surface area (Å²) in [6.07, 6.45) is 1.54. The van der Waals surface area contributed by atoms with E-state index >= 15 is 0 Å². The summed E-state index contributed by atoms with van der Waals surface area (Å²) in [4.78, 5) is 27.5. The highest BCUT2D eigenvalue weighted by molar-refractivity contribution is 5.99. The number of pyridine rings is 1. The second-order valence-electron chi connectivity index (χ2n) is 4.92. The molecule has 0 radical (unpaired) electrons. The van der Waals surface area contributed by atoms with Crippen molar-refractivity contribution in [3.8, 4) is 5.88 Å². The van der Waals surface area contributed by atoms with Crippen LogP contribution in [0, 0.1) is 5.41 Å². The molecular weight excluding hydrogens is 232 g/mol. The van der Waals surface area contributed by atoms with Gasteiger partial charge in [-0.1, -0.05) is 20.8 Å². The minimum absolute atomic E-state index is 0.000379. The number of hydrogen-bond acceptors (Lipinski definition) is 4. The van der Waals surface area contributed by atoms with Crippen LogP contribution in [0.3, 0.4) is 0 Å². The number of carbonyl (C=O) groups is 2. The molecule has 0 saturated carbocycles. The maximum Gasteiger partial charge on any atom is 0.257 e. The van der Waals surface area contributed by atoms with Gasteiger partial charge in [0.25, 0.3) is 5.91 Å². The summed E-state index contributed by atoms with van der Waals surface area (Å²) in [5, 5.41) is 2.57. The van der Waals surface area contributed by atoms with Gasteiger partial charge >= 0.3 is 0 Å². The standard InChI is InChI=1S/C13H18N2O3/c1-13(2,3)10(16)8-15-11(17)9-6-5-7-14-12(9)18-4/h5-7H,8H2,1-4H3,(H,15,17). The Morgan fingerprint density at radius 1 is 1.39 bits per heavy atom. The minimum atomic E-state index is -0.466. The molecule has 0 bridgehead atoms. The van der Waals surface area contributed by atoms with Gasteiger partial charge in [-0.25, -0.2) is 4.98 Å².